The van der Waals surface area contributed by atoms with Crippen molar-refractivity contribution in [3.63, 3.8) is 0 Å². The number of nitrogens with one attached hydrogen (secondary N) is 1. The number of para-hydroxylation sites is 1. The van der Waals surface area contributed by atoms with Gasteiger partial charge in [0.25, 0.3) is 0 Å². The first kappa shape index (κ1) is 18.9. The van der Waals surface area contributed by atoms with Gasteiger partial charge in [0.15, 0.2) is 0 Å². The number of hydrogen-bond acceptors (Lipinski definition) is 5. The Morgan fingerprint density at radius 3 is 2.42 bits per heavy atom. The van der Waals surface area contributed by atoms with Crippen LogP contribution in [0.1, 0.15) is 13.8 Å². The molecule has 0 radical (unpaired) electrons. The van der Waals surface area contributed by atoms with Crippen LogP contribution in [-0.2, 0) is 9.53 Å². The van der Waals surface area contributed by atoms with Gasteiger partial charge >= 0.3 is 0 Å². The van der Waals surface area contributed by atoms with Crippen LogP contribution >= 0.6 is 0 Å². The number of carbonyl (C=O) groups is 1. The van der Waals surface area contributed by atoms with Crippen molar-refractivity contribution in [2.75, 3.05) is 51.2 Å². The molecule has 0 aliphatic carbocycles. The molecule has 0 aromatic heterocycles. The van der Waals surface area contributed by atoms with Crippen molar-refractivity contribution in [2.24, 2.45) is 0 Å². The Balaban J connectivity index is 1.64. The van der Waals surface area contributed by atoms with Crippen LogP contribution in [-0.4, -0.2) is 78.9 Å². The minimum Gasteiger partial charge on any atom is -0.389 e. The number of ether oxygens (including phenoxy) is 1. The lowest BCUT2D eigenvalue weighted by Crippen LogP contribution is -2.50. The van der Waals surface area contributed by atoms with Gasteiger partial charge in [-0.2, -0.15) is 0 Å². The lowest BCUT2D eigenvalue weighted by Gasteiger charge is -2.35. The maximum absolute atomic E-state index is 12.1. The molecule has 2 rings (SSSR count). The summed E-state index contributed by atoms with van der Waals surface area (Å²) >= 11 is 0. The first-order valence-corrected chi connectivity index (χ1v) is 8.62. The third kappa shape index (κ3) is 6.97. The number of hydrogen-bond donors (Lipinski definition) is 2. The number of aliphatic hydroxyl groups is 1. The van der Waals surface area contributed by atoms with Crippen molar-refractivity contribution in [1.29, 1.82) is 0 Å². The first-order valence-electron chi connectivity index (χ1n) is 8.62. The fourth-order valence-corrected chi connectivity index (χ4v) is 2.71. The normalized spacial score (nSPS) is 17.8. The molecule has 134 valence electrons. The molecular weight excluding hydrogens is 306 g/mol. The average Bonchev–Trinajstić information content (AvgIpc) is 2.55. The smallest absolute Gasteiger partial charge is 0.238 e. The summed E-state index contributed by atoms with van der Waals surface area (Å²) in [5, 5.41) is 12.9. The Morgan fingerprint density at radius 1 is 1.17 bits per heavy atom. The minimum absolute atomic E-state index is 0.0139. The van der Waals surface area contributed by atoms with Crippen molar-refractivity contribution in [1.82, 2.24) is 9.80 Å². The van der Waals surface area contributed by atoms with Crippen LogP contribution in [0.2, 0.25) is 0 Å². The number of piperazine rings is 1. The summed E-state index contributed by atoms with van der Waals surface area (Å²) in [7, 11) is 0. The number of aliphatic hydroxyl groups excluding tert-OH is 1. The van der Waals surface area contributed by atoms with E-state index in [9.17, 15) is 9.90 Å². The highest BCUT2D eigenvalue weighted by atomic mass is 16.5. The van der Waals surface area contributed by atoms with Gasteiger partial charge in [0.1, 0.15) is 0 Å². The van der Waals surface area contributed by atoms with Gasteiger partial charge in [0.2, 0.25) is 5.91 Å². The summed E-state index contributed by atoms with van der Waals surface area (Å²) < 4.78 is 5.44. The summed E-state index contributed by atoms with van der Waals surface area (Å²) in [6.45, 7) is 8.71. The second-order valence-corrected chi connectivity index (χ2v) is 6.53. The van der Waals surface area contributed by atoms with E-state index in [1.54, 1.807) is 0 Å². The SMILES string of the molecule is CC(C)OC[C@@H](O)CN1CCN(CC(=O)Nc2ccccc2)CC1. The van der Waals surface area contributed by atoms with E-state index in [4.69, 9.17) is 4.74 Å². The Kier molecular flexibility index (Phi) is 7.65. The van der Waals surface area contributed by atoms with E-state index in [-0.39, 0.29) is 12.0 Å². The van der Waals surface area contributed by atoms with Crippen LogP contribution < -0.4 is 5.32 Å². The van der Waals surface area contributed by atoms with Gasteiger partial charge in [0.05, 0.1) is 25.4 Å². The van der Waals surface area contributed by atoms with Crippen LogP contribution in [0.4, 0.5) is 5.69 Å². The number of nitrogens with zero attached hydrogens (tertiary/aromatic N) is 2. The van der Waals surface area contributed by atoms with Gasteiger partial charge in [-0.05, 0) is 26.0 Å². The predicted octanol–water partition coefficient (Wildman–Crippen LogP) is 1.03. The van der Waals surface area contributed by atoms with Crippen LogP contribution in [0.5, 0.6) is 0 Å². The van der Waals surface area contributed by atoms with Crippen LogP contribution in [0.3, 0.4) is 0 Å². The van der Waals surface area contributed by atoms with Gasteiger partial charge in [-0.15, -0.1) is 0 Å². The number of carbonyl (C=O) groups excluding carboxylic acids is 1. The maximum Gasteiger partial charge on any atom is 0.238 e. The standard InChI is InChI=1S/C18H29N3O3/c1-15(2)24-14-17(22)12-20-8-10-21(11-9-20)13-18(23)19-16-6-4-3-5-7-16/h3-7,15,17,22H,8-14H2,1-2H3,(H,19,23)/t17-/m0/s1. The molecule has 1 aliphatic rings. The first-order chi connectivity index (χ1) is 11.5. The van der Waals surface area contributed by atoms with Crippen molar-refractivity contribution in [3.8, 4) is 0 Å². The molecule has 0 saturated carbocycles. The molecule has 2 N–H and O–H groups in total. The maximum atomic E-state index is 12.1. The van der Waals surface area contributed by atoms with E-state index in [0.29, 0.717) is 19.7 Å². The summed E-state index contributed by atoms with van der Waals surface area (Å²) in [5.41, 5.74) is 0.828. The third-order valence-corrected chi connectivity index (χ3v) is 3.98. The van der Waals surface area contributed by atoms with E-state index in [0.717, 1.165) is 31.9 Å². The molecular formula is C18H29N3O3. The number of anilines is 1. The van der Waals surface area contributed by atoms with Gasteiger partial charge in [-0.25, -0.2) is 0 Å². The van der Waals surface area contributed by atoms with Crippen LogP contribution in [0, 0.1) is 0 Å². The van der Waals surface area contributed by atoms with Crippen molar-refractivity contribution >= 4 is 11.6 Å². The summed E-state index contributed by atoms with van der Waals surface area (Å²) in [6.07, 6.45) is -0.319. The van der Waals surface area contributed by atoms with E-state index < -0.39 is 6.10 Å². The second-order valence-electron chi connectivity index (χ2n) is 6.53. The molecule has 1 heterocycles. The second kappa shape index (κ2) is 9.74. The highest BCUT2D eigenvalue weighted by molar-refractivity contribution is 5.92. The topological polar surface area (TPSA) is 65.0 Å². The molecule has 1 aromatic rings. The zero-order valence-corrected chi connectivity index (χ0v) is 14.6. The molecule has 1 aromatic carbocycles. The lowest BCUT2D eigenvalue weighted by atomic mass is 10.2. The fourth-order valence-electron chi connectivity index (χ4n) is 2.71. The number of rotatable bonds is 8. The van der Waals surface area contributed by atoms with Crippen LogP contribution in [0.15, 0.2) is 30.3 Å². The highest BCUT2D eigenvalue weighted by Gasteiger charge is 2.21. The summed E-state index contributed by atoms with van der Waals surface area (Å²) in [5.74, 6) is 0.0139. The molecule has 0 spiro atoms. The quantitative estimate of drug-likeness (QED) is 0.743. The van der Waals surface area contributed by atoms with Crippen LogP contribution in [0.25, 0.3) is 0 Å². The van der Waals surface area contributed by atoms with Crippen molar-refractivity contribution in [3.05, 3.63) is 30.3 Å². The zero-order chi connectivity index (χ0) is 17.4. The predicted molar refractivity (Wildman–Crippen MR) is 95.0 cm³/mol. The molecule has 1 amide bonds. The van der Waals surface area contributed by atoms with Crippen molar-refractivity contribution < 1.29 is 14.6 Å². The van der Waals surface area contributed by atoms with E-state index in [1.165, 1.54) is 0 Å². The average molecular weight is 335 g/mol. The lowest BCUT2D eigenvalue weighted by molar-refractivity contribution is -0.117. The minimum atomic E-state index is -0.458. The zero-order valence-electron chi connectivity index (χ0n) is 14.6. The molecule has 1 aliphatic heterocycles. The molecule has 6 nitrogen and oxygen atoms in total. The molecule has 0 unspecified atom stereocenters. The summed E-state index contributed by atoms with van der Waals surface area (Å²) in [6, 6.07) is 9.51. The molecule has 1 fully saturated rings. The molecule has 24 heavy (non-hydrogen) atoms. The molecule has 0 bridgehead atoms. The van der Waals surface area contributed by atoms with Gasteiger partial charge < -0.3 is 15.2 Å². The number of β-amino-alcohol motifs (C(OH)–C–C–N with tert-alkyl or cyclic N) is 1. The fraction of sp³-hybridized carbons (Fsp3) is 0.611. The third-order valence-electron chi connectivity index (χ3n) is 3.98. The van der Waals surface area contributed by atoms with Crippen molar-refractivity contribution in [2.45, 2.75) is 26.1 Å². The van der Waals surface area contributed by atoms with Gasteiger partial charge in [-0.1, -0.05) is 18.2 Å². The monoisotopic (exact) mass is 335 g/mol. The molecule has 6 heteroatoms. The number of amides is 1. The Morgan fingerprint density at radius 2 is 1.79 bits per heavy atom. The highest BCUT2D eigenvalue weighted by Crippen LogP contribution is 2.07. The largest absolute Gasteiger partial charge is 0.389 e. The van der Waals surface area contributed by atoms with E-state index in [1.807, 2.05) is 44.2 Å². The molecule has 1 saturated heterocycles. The van der Waals surface area contributed by atoms with E-state index in [2.05, 4.69) is 15.1 Å². The van der Waals surface area contributed by atoms with Gasteiger partial charge in [-0.3, -0.25) is 14.6 Å². The molecule has 1 atom stereocenters. The number of benzene rings is 1. The van der Waals surface area contributed by atoms with Gasteiger partial charge in [0, 0.05) is 38.4 Å². The Hall–Kier alpha value is -1.47. The Labute approximate surface area is 144 Å². The summed E-state index contributed by atoms with van der Waals surface area (Å²) in [4.78, 5) is 16.4. The Bertz CT molecular complexity index is 488. The van der Waals surface area contributed by atoms with E-state index >= 15 is 0 Å².